The summed E-state index contributed by atoms with van der Waals surface area (Å²) in [6.45, 7) is 5.28. The van der Waals surface area contributed by atoms with E-state index in [1.807, 2.05) is 19.9 Å². The molecular weight excluding hydrogens is 378 g/mol. The molecule has 0 fully saturated rings. The van der Waals surface area contributed by atoms with Crippen molar-refractivity contribution >= 4 is 11.8 Å². The highest BCUT2D eigenvalue weighted by Gasteiger charge is 2.25. The van der Waals surface area contributed by atoms with E-state index in [2.05, 4.69) is 10.6 Å². The molecule has 5 nitrogen and oxygen atoms in total. The molecule has 7 heteroatoms. The van der Waals surface area contributed by atoms with Gasteiger partial charge in [0.1, 0.15) is 11.6 Å². The molecule has 162 valence electrons. The number of rotatable bonds is 12. The number of nitrogens with one attached hydrogen (secondary N) is 2. The summed E-state index contributed by atoms with van der Waals surface area (Å²) in [5.41, 5.74) is 0.334. The van der Waals surface area contributed by atoms with E-state index in [1.165, 1.54) is 19.1 Å². The molecule has 2 amide bonds. The summed E-state index contributed by atoms with van der Waals surface area (Å²) < 4.78 is 27.0. The molecule has 1 aromatic carbocycles. The van der Waals surface area contributed by atoms with Crippen LogP contribution in [0.4, 0.5) is 8.78 Å². The molecule has 0 aliphatic heterocycles. The number of carbonyl (C=O) groups excluding carboxylic acids is 2. The van der Waals surface area contributed by atoms with Crippen LogP contribution in [0, 0.1) is 11.6 Å². The highest BCUT2D eigenvalue weighted by atomic mass is 19.1. The van der Waals surface area contributed by atoms with E-state index in [-0.39, 0.29) is 37.1 Å². The van der Waals surface area contributed by atoms with Crippen molar-refractivity contribution in [3.05, 3.63) is 47.5 Å². The molecule has 0 bridgehead atoms. The fourth-order valence-corrected chi connectivity index (χ4v) is 3.22. The predicted octanol–water partition coefficient (Wildman–Crippen LogP) is 3.40. The van der Waals surface area contributed by atoms with Crippen LogP contribution in [0.5, 0.6) is 0 Å². The summed E-state index contributed by atoms with van der Waals surface area (Å²) in [6.07, 6.45) is 5.60. The number of amides is 2. The first-order valence-electron chi connectivity index (χ1n) is 10.1. The van der Waals surface area contributed by atoms with Gasteiger partial charge in [-0.1, -0.05) is 32.4 Å². The summed E-state index contributed by atoms with van der Waals surface area (Å²) >= 11 is 0. The summed E-state index contributed by atoms with van der Waals surface area (Å²) in [5, 5.41) is 16.3. The third-order valence-corrected chi connectivity index (χ3v) is 4.46. The van der Waals surface area contributed by atoms with Crippen LogP contribution < -0.4 is 10.6 Å². The zero-order chi connectivity index (χ0) is 21.8. The van der Waals surface area contributed by atoms with Crippen molar-refractivity contribution in [2.45, 2.75) is 77.5 Å². The van der Waals surface area contributed by atoms with Crippen molar-refractivity contribution in [1.29, 1.82) is 0 Å². The maximum absolute atomic E-state index is 13.5. The fraction of sp³-hybridized carbons (Fsp3) is 0.545. The number of hydrogen-bond donors (Lipinski definition) is 3. The lowest BCUT2D eigenvalue weighted by atomic mass is 9.94. The van der Waals surface area contributed by atoms with Gasteiger partial charge in [0.15, 0.2) is 0 Å². The van der Waals surface area contributed by atoms with Gasteiger partial charge in [0.05, 0.1) is 12.1 Å². The second-order valence-corrected chi connectivity index (χ2v) is 7.23. The van der Waals surface area contributed by atoms with Gasteiger partial charge in [-0.2, -0.15) is 0 Å². The first kappa shape index (κ1) is 24.8. The van der Waals surface area contributed by atoms with Gasteiger partial charge in [0.25, 0.3) is 0 Å². The Balaban J connectivity index is 2.83. The maximum Gasteiger partial charge on any atom is 0.224 e. The number of allylic oxidation sites excluding steroid dienone is 1. The Labute approximate surface area is 171 Å². The van der Waals surface area contributed by atoms with Gasteiger partial charge in [0.2, 0.25) is 11.8 Å². The van der Waals surface area contributed by atoms with E-state index < -0.39 is 23.8 Å². The van der Waals surface area contributed by atoms with Crippen molar-refractivity contribution in [3.8, 4) is 0 Å². The normalized spacial score (nSPS) is 14.4. The molecule has 0 radical (unpaired) electrons. The summed E-state index contributed by atoms with van der Waals surface area (Å²) in [4.78, 5) is 23.7. The Morgan fingerprint density at radius 3 is 2.31 bits per heavy atom. The highest BCUT2D eigenvalue weighted by molar-refractivity contribution is 5.77. The second kappa shape index (κ2) is 13.0. The van der Waals surface area contributed by atoms with E-state index in [1.54, 1.807) is 6.08 Å². The quantitative estimate of drug-likeness (QED) is 0.462. The summed E-state index contributed by atoms with van der Waals surface area (Å²) in [5.74, 6) is -1.92. The number of aliphatic hydroxyl groups excluding tert-OH is 1. The number of hydrogen-bond acceptors (Lipinski definition) is 3. The largest absolute Gasteiger partial charge is 0.391 e. The Bertz CT molecular complexity index is 674. The Morgan fingerprint density at radius 2 is 1.76 bits per heavy atom. The SMILES string of the molecule is CC/C=C/CC(=O)NC(CCC)C[C@H](O)[C@H](Cc1cc(F)cc(F)c1)NC(C)=O. The lowest BCUT2D eigenvalue weighted by Crippen LogP contribution is -2.47. The first-order chi connectivity index (χ1) is 13.7. The molecule has 0 spiro atoms. The minimum atomic E-state index is -0.992. The molecule has 1 unspecified atom stereocenters. The van der Waals surface area contributed by atoms with E-state index in [0.717, 1.165) is 18.9 Å². The minimum absolute atomic E-state index is 0.0709. The van der Waals surface area contributed by atoms with Crippen LogP contribution in [0.1, 0.15) is 58.4 Å². The number of carbonyl (C=O) groups is 2. The monoisotopic (exact) mass is 410 g/mol. The average Bonchev–Trinajstić information content (AvgIpc) is 2.60. The van der Waals surface area contributed by atoms with E-state index in [4.69, 9.17) is 0 Å². The fourth-order valence-electron chi connectivity index (χ4n) is 3.22. The molecule has 0 aliphatic carbocycles. The van der Waals surface area contributed by atoms with Gasteiger partial charge in [0, 0.05) is 25.5 Å². The Hall–Kier alpha value is -2.28. The van der Waals surface area contributed by atoms with Crippen LogP contribution in [0.2, 0.25) is 0 Å². The molecular formula is C22H32F2N2O3. The van der Waals surface area contributed by atoms with E-state index >= 15 is 0 Å². The molecule has 1 rings (SSSR count). The van der Waals surface area contributed by atoms with Crippen LogP contribution in [0.15, 0.2) is 30.4 Å². The summed E-state index contributed by atoms with van der Waals surface area (Å²) in [7, 11) is 0. The first-order valence-corrected chi connectivity index (χ1v) is 10.1. The van der Waals surface area contributed by atoms with Gasteiger partial charge >= 0.3 is 0 Å². The molecule has 0 aromatic heterocycles. The third kappa shape index (κ3) is 10.2. The Morgan fingerprint density at radius 1 is 1.10 bits per heavy atom. The number of benzene rings is 1. The maximum atomic E-state index is 13.5. The average molecular weight is 411 g/mol. The van der Waals surface area contributed by atoms with Gasteiger partial charge < -0.3 is 15.7 Å². The van der Waals surface area contributed by atoms with Gasteiger partial charge in [-0.15, -0.1) is 0 Å². The molecule has 3 N–H and O–H groups in total. The molecule has 0 saturated carbocycles. The standard InChI is InChI=1S/C22H32F2N2O3/c1-4-6-7-9-22(29)26-19(8-5-2)14-21(28)20(25-15(3)27)12-16-10-17(23)13-18(24)11-16/h6-7,10-11,13,19-21,28H,4-5,8-9,12,14H2,1-3H3,(H,25,27)(H,26,29)/b7-6+/t19?,20-,21-/m0/s1. The van der Waals surface area contributed by atoms with Gasteiger partial charge in [-0.3, -0.25) is 9.59 Å². The van der Waals surface area contributed by atoms with Crippen molar-refractivity contribution in [2.24, 2.45) is 0 Å². The Kier molecular flexibility index (Phi) is 11.1. The lowest BCUT2D eigenvalue weighted by molar-refractivity contribution is -0.122. The number of aliphatic hydroxyl groups is 1. The zero-order valence-corrected chi connectivity index (χ0v) is 17.4. The third-order valence-electron chi connectivity index (χ3n) is 4.46. The molecule has 3 atom stereocenters. The molecule has 0 aliphatic rings. The van der Waals surface area contributed by atoms with Crippen molar-refractivity contribution in [1.82, 2.24) is 10.6 Å². The lowest BCUT2D eigenvalue weighted by Gasteiger charge is -2.28. The van der Waals surface area contributed by atoms with Crippen LogP contribution in [-0.4, -0.2) is 35.1 Å². The van der Waals surface area contributed by atoms with Crippen molar-refractivity contribution < 1.29 is 23.5 Å². The molecule has 0 heterocycles. The van der Waals surface area contributed by atoms with E-state index in [9.17, 15) is 23.5 Å². The van der Waals surface area contributed by atoms with E-state index in [0.29, 0.717) is 12.0 Å². The summed E-state index contributed by atoms with van der Waals surface area (Å²) in [6, 6.07) is 2.13. The van der Waals surface area contributed by atoms with Crippen LogP contribution in [0.3, 0.4) is 0 Å². The molecule has 29 heavy (non-hydrogen) atoms. The van der Waals surface area contributed by atoms with Crippen LogP contribution in [0.25, 0.3) is 0 Å². The molecule has 1 aromatic rings. The zero-order valence-electron chi connectivity index (χ0n) is 17.4. The topological polar surface area (TPSA) is 78.4 Å². The smallest absolute Gasteiger partial charge is 0.224 e. The van der Waals surface area contributed by atoms with Gasteiger partial charge in [-0.05, 0) is 43.4 Å². The predicted molar refractivity (Wildman–Crippen MR) is 109 cm³/mol. The van der Waals surface area contributed by atoms with Gasteiger partial charge in [-0.25, -0.2) is 8.78 Å². The van der Waals surface area contributed by atoms with Crippen molar-refractivity contribution in [3.63, 3.8) is 0 Å². The van der Waals surface area contributed by atoms with Crippen molar-refractivity contribution in [2.75, 3.05) is 0 Å². The molecule has 0 saturated heterocycles. The highest BCUT2D eigenvalue weighted by Crippen LogP contribution is 2.15. The van der Waals surface area contributed by atoms with Crippen LogP contribution in [-0.2, 0) is 16.0 Å². The minimum Gasteiger partial charge on any atom is -0.391 e. The second-order valence-electron chi connectivity index (χ2n) is 7.23. The number of halogens is 2. The van der Waals surface area contributed by atoms with Crippen LogP contribution >= 0.6 is 0 Å².